The van der Waals surface area contributed by atoms with Crippen LogP contribution in [0.1, 0.15) is 12.6 Å². The number of aromatic nitrogens is 2. The molecule has 9 heteroatoms. The summed E-state index contributed by atoms with van der Waals surface area (Å²) in [5.41, 5.74) is -0.341. The highest BCUT2D eigenvalue weighted by molar-refractivity contribution is 9.10. The summed E-state index contributed by atoms with van der Waals surface area (Å²) in [6, 6.07) is 12.1. The SMILES string of the molecule is COC(=O)C(C)(Cc1csc(Nc2ncc(Br)cc2Sc2ccccc2)n1)OC. The minimum Gasteiger partial charge on any atom is -0.467 e. The third-order valence-corrected chi connectivity index (χ3v) is 6.43. The Hall–Kier alpha value is -1.94. The summed E-state index contributed by atoms with van der Waals surface area (Å²) in [6.07, 6.45) is 2.05. The Morgan fingerprint density at radius 2 is 2.07 bits per heavy atom. The van der Waals surface area contributed by atoms with Gasteiger partial charge in [-0.3, -0.25) is 0 Å². The molecular weight excluding hydrogens is 474 g/mol. The van der Waals surface area contributed by atoms with E-state index in [1.165, 1.54) is 25.6 Å². The number of hydrogen-bond acceptors (Lipinski definition) is 8. The fourth-order valence-corrected chi connectivity index (χ4v) is 4.67. The molecule has 0 aliphatic rings. The van der Waals surface area contributed by atoms with E-state index in [1.807, 2.05) is 29.6 Å². The molecule has 1 atom stereocenters. The van der Waals surface area contributed by atoms with Gasteiger partial charge in [0.25, 0.3) is 0 Å². The van der Waals surface area contributed by atoms with Gasteiger partial charge in [-0.25, -0.2) is 14.8 Å². The molecular formula is C20H20BrN3O3S2. The van der Waals surface area contributed by atoms with E-state index in [1.54, 1.807) is 24.9 Å². The normalized spacial score (nSPS) is 13.0. The molecule has 152 valence electrons. The van der Waals surface area contributed by atoms with Gasteiger partial charge in [0, 0.05) is 34.5 Å². The van der Waals surface area contributed by atoms with Crippen LogP contribution in [0.4, 0.5) is 10.9 Å². The number of thiazole rings is 1. The molecule has 0 saturated heterocycles. The Labute approximate surface area is 186 Å². The molecule has 0 aliphatic heterocycles. The van der Waals surface area contributed by atoms with Crippen LogP contribution in [0, 0.1) is 0 Å². The maximum absolute atomic E-state index is 12.0. The largest absolute Gasteiger partial charge is 0.467 e. The Kier molecular flexibility index (Phi) is 7.28. The van der Waals surface area contributed by atoms with Gasteiger partial charge < -0.3 is 14.8 Å². The summed E-state index contributed by atoms with van der Waals surface area (Å²) in [7, 11) is 2.83. The number of carbonyl (C=O) groups excluding carboxylic acids is 1. The van der Waals surface area contributed by atoms with Crippen molar-refractivity contribution in [1.29, 1.82) is 0 Å². The summed E-state index contributed by atoms with van der Waals surface area (Å²) in [5.74, 6) is 0.282. The van der Waals surface area contributed by atoms with Crippen molar-refractivity contribution in [2.24, 2.45) is 0 Å². The fraction of sp³-hybridized carbons (Fsp3) is 0.250. The Morgan fingerprint density at radius 1 is 1.31 bits per heavy atom. The maximum Gasteiger partial charge on any atom is 0.338 e. The number of rotatable bonds is 8. The molecule has 29 heavy (non-hydrogen) atoms. The van der Waals surface area contributed by atoms with Crippen LogP contribution in [0.15, 0.2) is 62.2 Å². The molecule has 3 aromatic rings. The van der Waals surface area contributed by atoms with Crippen LogP contribution < -0.4 is 5.32 Å². The number of methoxy groups -OCH3 is 2. The molecule has 2 aromatic heterocycles. The van der Waals surface area contributed by atoms with Crippen LogP contribution in [-0.4, -0.2) is 35.8 Å². The Morgan fingerprint density at radius 3 is 2.76 bits per heavy atom. The smallest absolute Gasteiger partial charge is 0.338 e. The lowest BCUT2D eigenvalue weighted by molar-refractivity contribution is -0.163. The molecule has 1 unspecified atom stereocenters. The number of pyridine rings is 1. The van der Waals surface area contributed by atoms with Gasteiger partial charge >= 0.3 is 5.97 Å². The van der Waals surface area contributed by atoms with Crippen LogP contribution in [0.2, 0.25) is 0 Å². The topological polar surface area (TPSA) is 73.3 Å². The molecule has 0 fully saturated rings. The summed E-state index contributed by atoms with van der Waals surface area (Å²) < 4.78 is 11.1. The number of ether oxygens (including phenoxy) is 2. The quantitative estimate of drug-likeness (QED) is 0.425. The van der Waals surface area contributed by atoms with Crippen molar-refractivity contribution < 1.29 is 14.3 Å². The van der Waals surface area contributed by atoms with E-state index in [4.69, 9.17) is 9.47 Å². The minimum absolute atomic E-state index is 0.313. The van der Waals surface area contributed by atoms with Crippen molar-refractivity contribution >= 4 is 55.9 Å². The molecule has 0 aliphatic carbocycles. The van der Waals surface area contributed by atoms with Gasteiger partial charge in [0.1, 0.15) is 5.82 Å². The van der Waals surface area contributed by atoms with E-state index < -0.39 is 11.6 Å². The van der Waals surface area contributed by atoms with Crippen LogP contribution in [-0.2, 0) is 20.7 Å². The lowest BCUT2D eigenvalue weighted by atomic mass is 10.0. The molecule has 0 amide bonds. The zero-order chi connectivity index (χ0) is 20.9. The molecule has 1 N–H and O–H groups in total. The summed E-state index contributed by atoms with van der Waals surface area (Å²) in [4.78, 5) is 23.2. The molecule has 2 heterocycles. The highest BCUT2D eigenvalue weighted by Gasteiger charge is 2.35. The average molecular weight is 494 g/mol. The van der Waals surface area contributed by atoms with Gasteiger partial charge in [0.05, 0.1) is 17.7 Å². The molecule has 0 saturated carbocycles. The van der Waals surface area contributed by atoms with Gasteiger partial charge in [-0.2, -0.15) is 0 Å². The predicted molar refractivity (Wildman–Crippen MR) is 119 cm³/mol. The maximum atomic E-state index is 12.0. The third kappa shape index (κ3) is 5.57. The average Bonchev–Trinajstić information content (AvgIpc) is 3.16. The number of nitrogens with zero attached hydrogens (tertiary/aromatic N) is 2. The van der Waals surface area contributed by atoms with Crippen LogP contribution in [0.3, 0.4) is 0 Å². The van der Waals surface area contributed by atoms with Crippen LogP contribution >= 0.6 is 39.0 Å². The highest BCUT2D eigenvalue weighted by atomic mass is 79.9. The third-order valence-electron chi connectivity index (χ3n) is 4.15. The van der Waals surface area contributed by atoms with Gasteiger partial charge in [0.2, 0.25) is 0 Å². The van der Waals surface area contributed by atoms with E-state index in [0.717, 1.165) is 20.0 Å². The summed E-state index contributed by atoms with van der Waals surface area (Å²) in [6.45, 7) is 1.69. The van der Waals surface area contributed by atoms with E-state index in [2.05, 4.69) is 43.3 Å². The van der Waals surface area contributed by atoms with Crippen molar-refractivity contribution in [3.63, 3.8) is 0 Å². The standard InChI is InChI=1S/C20H20BrN3O3S2/c1-20(27-3,18(25)26-2)10-14-12-28-19(23-14)24-17-16(9-13(21)11-22-17)29-15-7-5-4-6-8-15/h4-9,11-12H,10H2,1-3H3,(H,22,23,24). The number of anilines is 2. The van der Waals surface area contributed by atoms with Crippen molar-refractivity contribution in [1.82, 2.24) is 9.97 Å². The van der Waals surface area contributed by atoms with Gasteiger partial charge in [-0.05, 0) is 41.1 Å². The Bertz CT molecular complexity index is 984. The fourth-order valence-electron chi connectivity index (χ4n) is 2.54. The first-order valence-electron chi connectivity index (χ1n) is 8.67. The second-order valence-electron chi connectivity index (χ2n) is 6.29. The van der Waals surface area contributed by atoms with E-state index in [-0.39, 0.29) is 0 Å². The summed E-state index contributed by atoms with van der Waals surface area (Å²) >= 11 is 6.55. The van der Waals surface area contributed by atoms with Crippen molar-refractivity contribution in [3.8, 4) is 0 Å². The van der Waals surface area contributed by atoms with Gasteiger partial charge in [0.15, 0.2) is 10.7 Å². The van der Waals surface area contributed by atoms with Crippen molar-refractivity contribution in [3.05, 3.63) is 58.1 Å². The van der Waals surface area contributed by atoms with Gasteiger partial charge in [-0.15, -0.1) is 11.3 Å². The first kappa shape index (κ1) is 21.8. The van der Waals surface area contributed by atoms with Crippen LogP contribution in [0.25, 0.3) is 0 Å². The monoisotopic (exact) mass is 493 g/mol. The second-order valence-corrected chi connectivity index (χ2v) is 9.18. The van der Waals surface area contributed by atoms with Gasteiger partial charge in [-0.1, -0.05) is 30.0 Å². The number of hydrogen-bond donors (Lipinski definition) is 1. The molecule has 0 spiro atoms. The van der Waals surface area contributed by atoms with Crippen molar-refractivity contribution in [2.45, 2.75) is 28.7 Å². The van der Waals surface area contributed by atoms with Crippen molar-refractivity contribution in [2.75, 3.05) is 19.5 Å². The number of benzene rings is 1. The lowest BCUT2D eigenvalue weighted by Crippen LogP contribution is -2.40. The predicted octanol–water partition coefficient (Wildman–Crippen LogP) is 5.32. The number of halogens is 1. The number of carbonyl (C=O) groups is 1. The van der Waals surface area contributed by atoms with Crippen LogP contribution in [0.5, 0.6) is 0 Å². The second kappa shape index (κ2) is 9.71. The molecule has 3 rings (SSSR count). The number of nitrogens with one attached hydrogen (secondary N) is 1. The first-order chi connectivity index (χ1) is 13.9. The zero-order valence-electron chi connectivity index (χ0n) is 16.1. The molecule has 0 bridgehead atoms. The zero-order valence-corrected chi connectivity index (χ0v) is 19.4. The summed E-state index contributed by atoms with van der Waals surface area (Å²) in [5, 5.41) is 5.87. The minimum atomic E-state index is -1.08. The van der Waals surface area contributed by atoms with E-state index in [0.29, 0.717) is 17.4 Å². The lowest BCUT2D eigenvalue weighted by Gasteiger charge is -2.23. The van der Waals surface area contributed by atoms with E-state index >= 15 is 0 Å². The Balaban J connectivity index is 1.78. The molecule has 0 radical (unpaired) electrons. The molecule has 1 aromatic carbocycles. The molecule has 6 nitrogen and oxygen atoms in total. The van der Waals surface area contributed by atoms with E-state index in [9.17, 15) is 4.79 Å². The highest BCUT2D eigenvalue weighted by Crippen LogP contribution is 2.36. The first-order valence-corrected chi connectivity index (χ1v) is 11.2. The number of esters is 1.